The quantitative estimate of drug-likeness (QED) is 0.772. The molecule has 29 heavy (non-hydrogen) atoms. The number of alkyl halides is 2. The Morgan fingerprint density at radius 1 is 1.31 bits per heavy atom. The number of amides is 1. The van der Waals surface area contributed by atoms with E-state index < -0.39 is 45.4 Å². The van der Waals surface area contributed by atoms with Crippen LogP contribution in [0.1, 0.15) is 48.2 Å². The van der Waals surface area contributed by atoms with Crippen LogP contribution < -0.4 is 11.1 Å². The van der Waals surface area contributed by atoms with Gasteiger partial charge in [0.2, 0.25) is 0 Å². The summed E-state index contributed by atoms with van der Waals surface area (Å²) in [6, 6.07) is 1.43. The van der Waals surface area contributed by atoms with Gasteiger partial charge in [-0.1, -0.05) is 0 Å². The Bertz CT molecular complexity index is 997. The van der Waals surface area contributed by atoms with Gasteiger partial charge in [0.15, 0.2) is 0 Å². The molecule has 0 aliphatic carbocycles. The number of carbonyl (C=O) groups is 1. The maximum Gasteiger partial charge on any atom is 0.281 e. The first-order chi connectivity index (χ1) is 13.6. The first-order valence-electron chi connectivity index (χ1n) is 8.39. The van der Waals surface area contributed by atoms with Crippen LogP contribution in [0.15, 0.2) is 29.5 Å². The average Bonchev–Trinajstić information content (AvgIpc) is 2.67. The smallest absolute Gasteiger partial charge is 0.281 e. The molecule has 2 aromatic heterocycles. The summed E-state index contributed by atoms with van der Waals surface area (Å²) in [5.74, 6) is -1.33. The van der Waals surface area contributed by atoms with E-state index in [2.05, 4.69) is 25.3 Å². The third-order valence-electron chi connectivity index (χ3n) is 4.35. The average molecular weight is 426 g/mol. The summed E-state index contributed by atoms with van der Waals surface area (Å²) in [6.45, 7) is 3.36. The molecule has 1 aliphatic rings. The lowest BCUT2D eigenvalue weighted by Gasteiger charge is -2.30. The molecular weight excluding hydrogens is 409 g/mol. The van der Waals surface area contributed by atoms with Gasteiger partial charge in [-0.3, -0.25) is 19.0 Å². The van der Waals surface area contributed by atoms with Crippen molar-refractivity contribution in [2.75, 3.05) is 11.1 Å². The van der Waals surface area contributed by atoms with E-state index in [4.69, 9.17) is 5.73 Å². The minimum absolute atomic E-state index is 0.0180. The SMILES string of the molecule is CC1(C)C(N)=NC(c2nc(NC(=O)c3cnc(C(F)F)cn3)ccc2F)CS1=O. The number of halogens is 3. The molecule has 8 nitrogen and oxygen atoms in total. The highest BCUT2D eigenvalue weighted by Crippen LogP contribution is 2.30. The van der Waals surface area contributed by atoms with Crippen molar-refractivity contribution >= 4 is 28.4 Å². The van der Waals surface area contributed by atoms with Crippen molar-refractivity contribution in [3.05, 3.63) is 47.4 Å². The second-order valence-corrected chi connectivity index (χ2v) is 8.74. The maximum atomic E-state index is 14.3. The number of pyridine rings is 1. The number of anilines is 1. The van der Waals surface area contributed by atoms with E-state index in [-0.39, 0.29) is 28.8 Å². The predicted molar refractivity (Wildman–Crippen MR) is 101 cm³/mol. The summed E-state index contributed by atoms with van der Waals surface area (Å²) >= 11 is 0. The number of amidine groups is 1. The van der Waals surface area contributed by atoms with Crippen LogP contribution in [0.5, 0.6) is 0 Å². The van der Waals surface area contributed by atoms with Gasteiger partial charge in [-0.25, -0.2) is 23.1 Å². The van der Waals surface area contributed by atoms with Crippen LogP contribution in [0.4, 0.5) is 19.0 Å². The lowest BCUT2D eigenvalue weighted by atomic mass is 10.1. The molecule has 0 aromatic carbocycles. The van der Waals surface area contributed by atoms with Crippen molar-refractivity contribution < 1.29 is 22.2 Å². The lowest BCUT2D eigenvalue weighted by molar-refractivity contribution is 0.102. The Morgan fingerprint density at radius 3 is 2.62 bits per heavy atom. The van der Waals surface area contributed by atoms with Crippen LogP contribution >= 0.6 is 0 Å². The minimum atomic E-state index is -2.81. The number of aliphatic imine (C=N–C) groups is 1. The van der Waals surface area contributed by atoms with Crippen molar-refractivity contribution in [1.29, 1.82) is 0 Å². The topological polar surface area (TPSA) is 123 Å². The van der Waals surface area contributed by atoms with Crippen molar-refractivity contribution in [2.45, 2.75) is 31.1 Å². The van der Waals surface area contributed by atoms with Crippen molar-refractivity contribution in [2.24, 2.45) is 10.7 Å². The molecule has 0 radical (unpaired) electrons. The molecule has 0 saturated carbocycles. The molecule has 0 bridgehead atoms. The summed E-state index contributed by atoms with van der Waals surface area (Å²) in [7, 11) is -1.40. The molecular formula is C17H17F3N6O2S. The van der Waals surface area contributed by atoms with Gasteiger partial charge in [-0.2, -0.15) is 0 Å². The van der Waals surface area contributed by atoms with Gasteiger partial charge in [-0.15, -0.1) is 0 Å². The molecule has 2 unspecified atom stereocenters. The largest absolute Gasteiger partial charge is 0.386 e. The minimum Gasteiger partial charge on any atom is -0.386 e. The number of carbonyl (C=O) groups excluding carboxylic acids is 1. The maximum absolute atomic E-state index is 14.3. The predicted octanol–water partition coefficient (Wildman–Crippen LogP) is 2.14. The number of rotatable bonds is 4. The number of nitrogens with one attached hydrogen (secondary N) is 1. The van der Waals surface area contributed by atoms with E-state index >= 15 is 0 Å². The first-order valence-corrected chi connectivity index (χ1v) is 9.71. The number of hydrogen-bond donors (Lipinski definition) is 2. The Morgan fingerprint density at radius 2 is 2.03 bits per heavy atom. The standard InChI is InChI=1S/C17H17F3N6O2S/c1-17(2)16(21)24-11(7-29(17)28)13-8(18)3-4-12(25-13)26-15(27)10-6-22-9(5-23-10)14(19)20/h3-6,11,14H,7H2,1-2H3,(H2,21,24)(H,25,26,27). The van der Waals surface area contributed by atoms with E-state index in [1.54, 1.807) is 13.8 Å². The van der Waals surface area contributed by atoms with Gasteiger partial charge in [-0.05, 0) is 26.0 Å². The third kappa shape index (κ3) is 4.26. The van der Waals surface area contributed by atoms with Crippen molar-refractivity contribution in [1.82, 2.24) is 15.0 Å². The fourth-order valence-corrected chi connectivity index (χ4v) is 3.70. The Kier molecular flexibility index (Phi) is 5.64. The Labute approximate surface area is 166 Å². The normalized spacial score (nSPS) is 21.0. The number of nitrogens with two attached hydrogens (primary N) is 1. The van der Waals surface area contributed by atoms with E-state index in [0.29, 0.717) is 0 Å². The van der Waals surface area contributed by atoms with Crippen LogP contribution in [0.2, 0.25) is 0 Å². The van der Waals surface area contributed by atoms with E-state index in [0.717, 1.165) is 18.5 Å². The molecule has 154 valence electrons. The van der Waals surface area contributed by atoms with Crippen molar-refractivity contribution in [3.63, 3.8) is 0 Å². The molecule has 0 fully saturated rings. The number of aromatic nitrogens is 3. The number of nitrogens with zero attached hydrogens (tertiary/aromatic N) is 4. The Balaban J connectivity index is 1.83. The zero-order valence-electron chi connectivity index (χ0n) is 15.4. The van der Waals surface area contributed by atoms with Gasteiger partial charge in [0.25, 0.3) is 12.3 Å². The Hall–Kier alpha value is -2.89. The van der Waals surface area contributed by atoms with Gasteiger partial charge >= 0.3 is 0 Å². The third-order valence-corrected chi connectivity index (χ3v) is 6.31. The molecule has 3 rings (SSSR count). The summed E-state index contributed by atoms with van der Waals surface area (Å²) in [4.78, 5) is 27.6. The highest BCUT2D eigenvalue weighted by atomic mass is 32.2. The van der Waals surface area contributed by atoms with E-state index in [1.165, 1.54) is 6.07 Å². The summed E-state index contributed by atoms with van der Waals surface area (Å²) in [6.07, 6.45) is -1.11. The zero-order chi connectivity index (χ0) is 21.3. The molecule has 1 aliphatic heterocycles. The van der Waals surface area contributed by atoms with E-state index in [9.17, 15) is 22.2 Å². The van der Waals surface area contributed by atoms with Crippen molar-refractivity contribution in [3.8, 4) is 0 Å². The fourth-order valence-electron chi connectivity index (χ4n) is 2.48. The monoisotopic (exact) mass is 426 g/mol. The van der Waals surface area contributed by atoms with Gasteiger partial charge in [0.1, 0.15) is 40.6 Å². The van der Waals surface area contributed by atoms with Gasteiger partial charge < -0.3 is 11.1 Å². The molecule has 12 heteroatoms. The lowest BCUT2D eigenvalue weighted by Crippen LogP contribution is -2.47. The second kappa shape index (κ2) is 7.85. The molecule has 1 amide bonds. The van der Waals surface area contributed by atoms with Crippen LogP contribution in [0.25, 0.3) is 0 Å². The number of hydrogen-bond acceptors (Lipinski definition) is 7. The highest BCUT2D eigenvalue weighted by molar-refractivity contribution is 7.87. The molecule has 0 saturated heterocycles. The van der Waals surface area contributed by atoms with Crippen LogP contribution in [0, 0.1) is 5.82 Å². The molecule has 3 N–H and O–H groups in total. The summed E-state index contributed by atoms with van der Waals surface area (Å²) in [5, 5.41) is 2.39. The molecule has 2 atom stereocenters. The van der Waals surface area contributed by atoms with Gasteiger partial charge in [0.05, 0.1) is 22.9 Å². The fraction of sp³-hybridized carbons (Fsp3) is 0.353. The first kappa shape index (κ1) is 20.8. The second-order valence-electron chi connectivity index (χ2n) is 6.70. The molecule has 2 aromatic rings. The molecule has 3 heterocycles. The zero-order valence-corrected chi connectivity index (χ0v) is 16.2. The molecule has 0 spiro atoms. The summed E-state index contributed by atoms with van der Waals surface area (Å²) < 4.78 is 50.9. The summed E-state index contributed by atoms with van der Waals surface area (Å²) in [5.41, 5.74) is 4.98. The highest BCUT2D eigenvalue weighted by Gasteiger charge is 2.38. The van der Waals surface area contributed by atoms with Gasteiger partial charge in [0, 0.05) is 10.8 Å². The van der Waals surface area contributed by atoms with Crippen LogP contribution in [-0.2, 0) is 10.8 Å². The van der Waals surface area contributed by atoms with Crippen LogP contribution in [-0.4, -0.2) is 41.4 Å². The van der Waals surface area contributed by atoms with Crippen LogP contribution in [0.3, 0.4) is 0 Å². The van der Waals surface area contributed by atoms with E-state index in [1.807, 2.05) is 0 Å².